The molecule has 0 aromatic carbocycles. The highest BCUT2D eigenvalue weighted by Gasteiger charge is 2.30. The Balaban J connectivity index is 4.55. The lowest BCUT2D eigenvalue weighted by atomic mass is 9.68. The fourth-order valence-electron chi connectivity index (χ4n) is 2.91. The van der Waals surface area contributed by atoms with Crippen LogP contribution in [0, 0.1) is 23.2 Å². The Morgan fingerprint density at radius 3 is 1.80 bits per heavy atom. The van der Waals surface area contributed by atoms with Crippen molar-refractivity contribution in [3.8, 4) is 0 Å². The topological polar surface area (TPSA) is 0 Å². The van der Waals surface area contributed by atoms with E-state index in [2.05, 4.69) is 48.5 Å². The van der Waals surface area contributed by atoms with Gasteiger partial charge in [-0.15, -0.1) is 0 Å². The first-order valence-electron chi connectivity index (χ1n) is 6.82. The summed E-state index contributed by atoms with van der Waals surface area (Å²) in [5, 5.41) is 0. The molecule has 0 heteroatoms. The van der Waals surface area contributed by atoms with Crippen LogP contribution in [0.3, 0.4) is 0 Å². The molecule has 0 spiro atoms. The Morgan fingerprint density at radius 1 is 1.00 bits per heavy atom. The molecule has 0 nitrogen and oxygen atoms in total. The van der Waals surface area contributed by atoms with Crippen LogP contribution in [0.4, 0.5) is 0 Å². The van der Waals surface area contributed by atoms with E-state index >= 15 is 0 Å². The highest BCUT2D eigenvalue weighted by atomic mass is 14.4. The van der Waals surface area contributed by atoms with Gasteiger partial charge in [-0.2, -0.15) is 0 Å². The van der Waals surface area contributed by atoms with E-state index in [4.69, 9.17) is 0 Å². The van der Waals surface area contributed by atoms with Gasteiger partial charge < -0.3 is 0 Å². The third-order valence-electron chi connectivity index (χ3n) is 3.58. The first-order valence-corrected chi connectivity index (χ1v) is 6.82. The third-order valence-corrected chi connectivity index (χ3v) is 3.58. The summed E-state index contributed by atoms with van der Waals surface area (Å²) in [7, 11) is 0. The molecular formula is C15H32. The van der Waals surface area contributed by atoms with Gasteiger partial charge in [-0.25, -0.2) is 0 Å². The maximum Gasteiger partial charge on any atom is -0.0337 e. The quantitative estimate of drug-likeness (QED) is 0.543. The van der Waals surface area contributed by atoms with Crippen LogP contribution in [0.1, 0.15) is 74.1 Å². The minimum atomic E-state index is 0.478. The van der Waals surface area contributed by atoms with Crippen LogP contribution in [-0.2, 0) is 0 Å². The fourth-order valence-corrected chi connectivity index (χ4v) is 2.91. The second kappa shape index (κ2) is 6.55. The molecular weight excluding hydrogens is 180 g/mol. The molecule has 2 atom stereocenters. The summed E-state index contributed by atoms with van der Waals surface area (Å²) >= 11 is 0. The van der Waals surface area contributed by atoms with Gasteiger partial charge in [0.2, 0.25) is 0 Å². The van der Waals surface area contributed by atoms with Crippen molar-refractivity contribution in [2.75, 3.05) is 0 Å². The Hall–Kier alpha value is 0. The molecule has 0 aromatic rings. The molecule has 0 amide bonds. The van der Waals surface area contributed by atoms with Crippen molar-refractivity contribution < 1.29 is 0 Å². The van der Waals surface area contributed by atoms with E-state index in [1.807, 2.05) is 0 Å². The van der Waals surface area contributed by atoms with Gasteiger partial charge in [0.05, 0.1) is 0 Å². The summed E-state index contributed by atoms with van der Waals surface area (Å²) in [4.78, 5) is 0. The van der Waals surface area contributed by atoms with Crippen molar-refractivity contribution >= 4 is 0 Å². The van der Waals surface area contributed by atoms with Gasteiger partial charge in [0.25, 0.3) is 0 Å². The Bertz CT molecular complexity index is 150. The molecule has 0 rings (SSSR count). The van der Waals surface area contributed by atoms with E-state index in [-0.39, 0.29) is 0 Å². The molecule has 2 unspecified atom stereocenters. The van der Waals surface area contributed by atoms with Gasteiger partial charge in [-0.1, -0.05) is 61.3 Å². The first-order chi connectivity index (χ1) is 6.82. The molecule has 0 bridgehead atoms. The van der Waals surface area contributed by atoms with Gasteiger partial charge in [-0.05, 0) is 36.0 Å². The van der Waals surface area contributed by atoms with Crippen molar-refractivity contribution in [1.82, 2.24) is 0 Å². The summed E-state index contributed by atoms with van der Waals surface area (Å²) < 4.78 is 0. The summed E-state index contributed by atoms with van der Waals surface area (Å²) in [6.07, 6.45) is 5.48. The lowest BCUT2D eigenvalue weighted by molar-refractivity contribution is 0.124. The zero-order chi connectivity index (χ0) is 12.1. The van der Waals surface area contributed by atoms with E-state index in [9.17, 15) is 0 Å². The Labute approximate surface area is 97.8 Å². The monoisotopic (exact) mass is 212 g/mol. The summed E-state index contributed by atoms with van der Waals surface area (Å²) in [6.45, 7) is 16.6. The predicted octanol–water partition coefficient (Wildman–Crippen LogP) is 5.52. The van der Waals surface area contributed by atoms with Crippen molar-refractivity contribution in [3.05, 3.63) is 0 Å². The van der Waals surface area contributed by atoms with Gasteiger partial charge in [0.1, 0.15) is 0 Å². The minimum Gasteiger partial charge on any atom is -0.0654 e. The van der Waals surface area contributed by atoms with Crippen LogP contribution in [0.25, 0.3) is 0 Å². The lowest BCUT2D eigenvalue weighted by Crippen LogP contribution is -2.29. The van der Waals surface area contributed by atoms with Gasteiger partial charge in [0.15, 0.2) is 0 Å². The molecule has 0 aliphatic heterocycles. The average molecular weight is 212 g/mol. The minimum absolute atomic E-state index is 0.478. The second-order valence-corrected chi connectivity index (χ2v) is 6.56. The van der Waals surface area contributed by atoms with Crippen LogP contribution < -0.4 is 0 Å². The molecule has 0 aliphatic carbocycles. The predicted molar refractivity (Wildman–Crippen MR) is 71.1 cm³/mol. The van der Waals surface area contributed by atoms with Crippen LogP contribution >= 0.6 is 0 Å². The van der Waals surface area contributed by atoms with Crippen molar-refractivity contribution in [1.29, 1.82) is 0 Å². The number of rotatable bonds is 6. The molecule has 0 heterocycles. The van der Waals surface area contributed by atoms with E-state index in [0.29, 0.717) is 5.41 Å². The van der Waals surface area contributed by atoms with Gasteiger partial charge in [0, 0.05) is 0 Å². The van der Waals surface area contributed by atoms with Crippen LogP contribution in [-0.4, -0.2) is 0 Å². The normalized spacial score (nSPS) is 16.8. The first kappa shape index (κ1) is 15.0. The van der Waals surface area contributed by atoms with Crippen molar-refractivity contribution in [3.63, 3.8) is 0 Å². The molecule has 0 saturated carbocycles. The third kappa shape index (κ3) is 5.58. The van der Waals surface area contributed by atoms with Crippen LogP contribution in [0.2, 0.25) is 0 Å². The van der Waals surface area contributed by atoms with Crippen molar-refractivity contribution in [2.24, 2.45) is 23.2 Å². The Morgan fingerprint density at radius 2 is 1.53 bits per heavy atom. The second-order valence-electron chi connectivity index (χ2n) is 6.56. The van der Waals surface area contributed by atoms with Crippen LogP contribution in [0.5, 0.6) is 0 Å². The number of hydrogen-bond acceptors (Lipinski definition) is 0. The molecule has 0 radical (unpaired) electrons. The lowest BCUT2D eigenvalue weighted by Gasteiger charge is -2.38. The zero-order valence-corrected chi connectivity index (χ0v) is 12.1. The highest BCUT2D eigenvalue weighted by molar-refractivity contribution is 4.80. The van der Waals surface area contributed by atoms with E-state index in [0.717, 1.165) is 17.8 Å². The van der Waals surface area contributed by atoms with E-state index in [1.54, 1.807) is 0 Å². The molecule has 15 heavy (non-hydrogen) atoms. The van der Waals surface area contributed by atoms with Gasteiger partial charge >= 0.3 is 0 Å². The van der Waals surface area contributed by atoms with Crippen LogP contribution in [0.15, 0.2) is 0 Å². The SMILES string of the molecule is CCCC(C(CC)CC(C)C)C(C)(C)C. The van der Waals surface area contributed by atoms with Crippen molar-refractivity contribution in [2.45, 2.75) is 74.1 Å². The maximum absolute atomic E-state index is 2.41. The fraction of sp³-hybridized carbons (Fsp3) is 1.00. The highest BCUT2D eigenvalue weighted by Crippen LogP contribution is 2.39. The summed E-state index contributed by atoms with van der Waals surface area (Å²) in [5.41, 5.74) is 0.478. The summed E-state index contributed by atoms with van der Waals surface area (Å²) in [6, 6.07) is 0. The average Bonchev–Trinajstić information content (AvgIpc) is 2.08. The maximum atomic E-state index is 2.41. The van der Waals surface area contributed by atoms with E-state index in [1.165, 1.54) is 25.7 Å². The molecule has 0 fully saturated rings. The van der Waals surface area contributed by atoms with E-state index < -0.39 is 0 Å². The Kier molecular flexibility index (Phi) is 6.55. The molecule has 0 aliphatic rings. The zero-order valence-electron chi connectivity index (χ0n) is 12.1. The smallest absolute Gasteiger partial charge is 0.0337 e. The molecule has 0 saturated heterocycles. The molecule has 0 N–H and O–H groups in total. The number of hydrogen-bond donors (Lipinski definition) is 0. The molecule has 92 valence electrons. The molecule has 0 aromatic heterocycles. The van der Waals surface area contributed by atoms with Gasteiger partial charge in [-0.3, -0.25) is 0 Å². The largest absolute Gasteiger partial charge is 0.0654 e. The summed E-state index contributed by atoms with van der Waals surface area (Å²) in [5.74, 6) is 2.66. The standard InChI is InChI=1S/C15H32/c1-8-10-14(15(5,6)7)13(9-2)11-12(3)4/h12-14H,8-11H2,1-7H3.